The van der Waals surface area contributed by atoms with Gasteiger partial charge in [-0.15, -0.1) is 0 Å². The highest BCUT2D eigenvalue weighted by atomic mass is 16.7. The van der Waals surface area contributed by atoms with E-state index in [4.69, 9.17) is 9.94 Å². The summed E-state index contributed by atoms with van der Waals surface area (Å²) in [6, 6.07) is 0.489. The van der Waals surface area contributed by atoms with Crippen LogP contribution in [0.25, 0.3) is 0 Å². The van der Waals surface area contributed by atoms with Crippen molar-refractivity contribution in [3.05, 3.63) is 0 Å². The Morgan fingerprint density at radius 3 is 1.41 bits per heavy atom. The fourth-order valence-corrected chi connectivity index (χ4v) is 3.70. The van der Waals surface area contributed by atoms with Crippen LogP contribution in [0, 0.1) is 0 Å². The van der Waals surface area contributed by atoms with Crippen molar-refractivity contribution >= 4 is 0 Å². The smallest absolute Gasteiger partial charge is 0.129 e. The molecule has 164 valence electrons. The van der Waals surface area contributed by atoms with E-state index in [2.05, 4.69) is 27.9 Å². The molecular weight excluding hydrogens is 334 g/mol. The minimum Gasteiger partial charge on any atom is -0.394 e. The fraction of sp³-hybridized carbons (Fsp3) is 1.00. The number of unbranched alkanes of at least 4 members (excludes halogenated alkanes) is 15. The quantitative estimate of drug-likeness (QED) is 0.130. The van der Waals surface area contributed by atoms with E-state index in [1.54, 1.807) is 0 Å². The van der Waals surface area contributed by atoms with Crippen molar-refractivity contribution < 1.29 is 14.6 Å². The topological polar surface area (TPSA) is 29.5 Å². The molecule has 1 atom stereocenters. The number of aliphatic hydroxyl groups excluding tert-OH is 1. The minimum atomic E-state index is 0.105. The second kappa shape index (κ2) is 19.2. The first-order valence-corrected chi connectivity index (χ1v) is 12.1. The molecule has 0 heterocycles. The Morgan fingerprint density at radius 2 is 1.04 bits per heavy atom. The molecule has 0 amide bonds. The molecule has 0 aromatic heterocycles. The van der Waals surface area contributed by atoms with E-state index in [9.17, 15) is 0 Å². The molecule has 0 aliphatic carbocycles. The molecule has 0 saturated heterocycles. The first-order chi connectivity index (χ1) is 13.0. The van der Waals surface area contributed by atoms with Gasteiger partial charge in [0.1, 0.15) is 12.6 Å². The van der Waals surface area contributed by atoms with Crippen molar-refractivity contribution in [3.63, 3.8) is 0 Å². The van der Waals surface area contributed by atoms with Gasteiger partial charge in [0.25, 0.3) is 0 Å². The van der Waals surface area contributed by atoms with Crippen LogP contribution in [0.15, 0.2) is 0 Å². The van der Waals surface area contributed by atoms with Crippen molar-refractivity contribution in [2.45, 2.75) is 129 Å². The molecule has 0 aromatic rings. The number of rotatable bonds is 21. The van der Waals surface area contributed by atoms with Gasteiger partial charge >= 0.3 is 0 Å². The lowest BCUT2D eigenvalue weighted by molar-refractivity contribution is -1.09. The number of nitrogens with zero attached hydrogens (tertiary/aromatic N) is 1. The number of hydrogen-bond donors (Lipinski definition) is 1. The van der Waals surface area contributed by atoms with E-state index in [-0.39, 0.29) is 6.61 Å². The van der Waals surface area contributed by atoms with Crippen LogP contribution < -0.4 is 0 Å². The molecular formula is C24H52NO2+. The van der Waals surface area contributed by atoms with Gasteiger partial charge in [-0.2, -0.15) is 4.65 Å². The highest BCUT2D eigenvalue weighted by Gasteiger charge is 2.25. The number of quaternary nitrogens is 1. The number of hydroxylamine groups is 3. The van der Waals surface area contributed by atoms with E-state index in [0.717, 1.165) is 0 Å². The standard InChI is InChI=1S/C24H52NO2/c1-5-6-7-8-9-10-11-12-13-14-15-16-17-18-19-20-21-24(2)25(3,4)27-23-22-26/h24,26H,5-23H2,1-4H3/q+1. The lowest BCUT2D eigenvalue weighted by Crippen LogP contribution is -2.47. The molecule has 0 rings (SSSR count). The zero-order valence-electron chi connectivity index (χ0n) is 19.3. The third kappa shape index (κ3) is 17.7. The molecule has 1 unspecified atom stereocenters. The fourth-order valence-electron chi connectivity index (χ4n) is 3.70. The van der Waals surface area contributed by atoms with Gasteiger partial charge in [0.05, 0.1) is 20.7 Å². The predicted molar refractivity (Wildman–Crippen MR) is 119 cm³/mol. The van der Waals surface area contributed by atoms with Gasteiger partial charge < -0.3 is 5.11 Å². The highest BCUT2D eigenvalue weighted by Crippen LogP contribution is 2.17. The normalized spacial score (nSPS) is 13.2. The van der Waals surface area contributed by atoms with Crippen LogP contribution >= 0.6 is 0 Å². The maximum absolute atomic E-state index is 8.90. The maximum Gasteiger partial charge on any atom is 0.129 e. The third-order valence-electron chi connectivity index (χ3n) is 6.05. The molecule has 1 N–H and O–H groups in total. The molecule has 0 spiro atoms. The molecule has 0 radical (unpaired) electrons. The molecule has 0 aliphatic heterocycles. The second-order valence-electron chi connectivity index (χ2n) is 8.93. The van der Waals surface area contributed by atoms with Crippen LogP contribution in [0.3, 0.4) is 0 Å². The summed E-state index contributed by atoms with van der Waals surface area (Å²) in [6.07, 6.45) is 23.9. The first-order valence-electron chi connectivity index (χ1n) is 12.1. The molecule has 0 fully saturated rings. The zero-order chi connectivity index (χ0) is 20.2. The van der Waals surface area contributed by atoms with Gasteiger partial charge in [-0.1, -0.05) is 103 Å². The molecule has 0 aliphatic rings. The van der Waals surface area contributed by atoms with Gasteiger partial charge in [-0.3, -0.25) is 0 Å². The SMILES string of the molecule is CCCCCCCCCCCCCCCCCCC(C)[N+](C)(C)OCCO. The summed E-state index contributed by atoms with van der Waals surface area (Å²) >= 11 is 0. The van der Waals surface area contributed by atoms with Crippen LogP contribution in [0.5, 0.6) is 0 Å². The van der Waals surface area contributed by atoms with E-state index in [0.29, 0.717) is 17.3 Å². The Bertz CT molecular complexity index is 294. The van der Waals surface area contributed by atoms with Crippen molar-refractivity contribution in [2.75, 3.05) is 27.3 Å². The van der Waals surface area contributed by atoms with Gasteiger partial charge in [0.15, 0.2) is 0 Å². The first kappa shape index (κ1) is 26.9. The van der Waals surface area contributed by atoms with E-state index >= 15 is 0 Å². The van der Waals surface area contributed by atoms with Gasteiger partial charge in [-0.05, 0) is 13.3 Å². The summed E-state index contributed by atoms with van der Waals surface area (Å²) < 4.78 is 0.555. The summed E-state index contributed by atoms with van der Waals surface area (Å²) in [4.78, 5) is 5.71. The lowest BCUT2D eigenvalue weighted by Gasteiger charge is -2.33. The Hall–Kier alpha value is -0.120. The summed E-state index contributed by atoms with van der Waals surface area (Å²) in [5.74, 6) is 0. The molecule has 0 bridgehead atoms. The summed E-state index contributed by atoms with van der Waals surface area (Å²) in [5.41, 5.74) is 0. The van der Waals surface area contributed by atoms with Crippen LogP contribution in [0.2, 0.25) is 0 Å². The Labute approximate surface area is 171 Å². The molecule has 27 heavy (non-hydrogen) atoms. The van der Waals surface area contributed by atoms with Crippen LogP contribution in [-0.4, -0.2) is 43.1 Å². The summed E-state index contributed by atoms with van der Waals surface area (Å²) in [6.45, 7) is 5.07. The Morgan fingerprint density at radius 1 is 0.667 bits per heavy atom. The monoisotopic (exact) mass is 386 g/mol. The zero-order valence-corrected chi connectivity index (χ0v) is 19.3. The Kier molecular flexibility index (Phi) is 19.1. The second-order valence-corrected chi connectivity index (χ2v) is 8.93. The van der Waals surface area contributed by atoms with Crippen LogP contribution in [0.4, 0.5) is 0 Å². The average molecular weight is 387 g/mol. The number of hydrogen-bond acceptors (Lipinski definition) is 2. The van der Waals surface area contributed by atoms with Crippen LogP contribution in [0.1, 0.15) is 123 Å². The van der Waals surface area contributed by atoms with Crippen molar-refractivity contribution in [2.24, 2.45) is 0 Å². The summed E-state index contributed by atoms with van der Waals surface area (Å²) in [7, 11) is 4.18. The lowest BCUT2D eigenvalue weighted by atomic mass is 10.0. The average Bonchev–Trinajstić information content (AvgIpc) is 2.65. The maximum atomic E-state index is 8.90. The molecule has 3 heteroatoms. The van der Waals surface area contributed by atoms with Crippen molar-refractivity contribution in [1.82, 2.24) is 0 Å². The third-order valence-corrected chi connectivity index (χ3v) is 6.05. The minimum absolute atomic E-state index is 0.105. The van der Waals surface area contributed by atoms with E-state index < -0.39 is 0 Å². The van der Waals surface area contributed by atoms with Crippen molar-refractivity contribution in [1.29, 1.82) is 0 Å². The van der Waals surface area contributed by atoms with Crippen molar-refractivity contribution in [3.8, 4) is 0 Å². The molecule has 0 aromatic carbocycles. The predicted octanol–water partition coefficient (Wildman–Crippen LogP) is 7.03. The van der Waals surface area contributed by atoms with E-state index in [1.165, 1.54) is 109 Å². The van der Waals surface area contributed by atoms with Crippen LogP contribution in [-0.2, 0) is 4.84 Å². The largest absolute Gasteiger partial charge is 0.394 e. The van der Waals surface area contributed by atoms with Gasteiger partial charge in [0, 0.05) is 6.42 Å². The van der Waals surface area contributed by atoms with Gasteiger partial charge in [0.2, 0.25) is 0 Å². The molecule has 3 nitrogen and oxygen atoms in total. The van der Waals surface area contributed by atoms with Gasteiger partial charge in [-0.25, -0.2) is 4.84 Å². The van der Waals surface area contributed by atoms with E-state index in [1.807, 2.05) is 0 Å². The molecule has 0 saturated carbocycles. The highest BCUT2D eigenvalue weighted by molar-refractivity contribution is 4.53. The number of aliphatic hydroxyl groups is 1. The summed E-state index contributed by atoms with van der Waals surface area (Å²) in [5, 5.41) is 8.90. The Balaban J connectivity index is 3.27.